The highest BCUT2D eigenvalue weighted by atomic mass is 32.1. The maximum Gasteiger partial charge on any atom is 0.350 e. The molecule has 0 saturated carbocycles. The molecule has 0 spiro atoms. The molecule has 2 aromatic carbocycles. The van der Waals surface area contributed by atoms with Crippen molar-refractivity contribution in [1.29, 1.82) is 0 Å². The van der Waals surface area contributed by atoms with E-state index in [2.05, 4.69) is 74.3 Å². The first-order valence-corrected chi connectivity index (χ1v) is 13.6. The van der Waals surface area contributed by atoms with Gasteiger partial charge < -0.3 is 14.1 Å². The summed E-state index contributed by atoms with van der Waals surface area (Å²) in [7, 11) is 2.50. The first-order chi connectivity index (χ1) is 15.7. The summed E-state index contributed by atoms with van der Waals surface area (Å²) in [6.45, 7) is 7.14. The number of aliphatic imine (C=N–C) groups is 1. The Morgan fingerprint density at radius 3 is 2.03 bits per heavy atom. The number of hydrogen-bond acceptors (Lipinski definition) is 5. The molecule has 0 aliphatic carbocycles. The summed E-state index contributed by atoms with van der Waals surface area (Å²) in [5, 5.41) is 2.32. The van der Waals surface area contributed by atoms with Gasteiger partial charge in [0.05, 0.1) is 25.7 Å². The van der Waals surface area contributed by atoms with E-state index >= 15 is 0 Å². The fourth-order valence-electron chi connectivity index (χ4n) is 3.96. The van der Waals surface area contributed by atoms with Crippen molar-refractivity contribution in [2.24, 2.45) is 4.99 Å². The van der Waals surface area contributed by atoms with Gasteiger partial charge in [0, 0.05) is 19.0 Å². The average molecular weight is 481 g/mol. The molecule has 174 valence electrons. The highest BCUT2D eigenvalue weighted by molar-refractivity contribution is 7.14. The smallest absolute Gasteiger partial charge is 0.350 e. The van der Waals surface area contributed by atoms with Gasteiger partial charge in [-0.1, -0.05) is 81.4 Å². The molecule has 0 amide bonds. The minimum atomic E-state index is -2.67. The number of ether oxygens (including phenoxy) is 1. The lowest BCUT2D eigenvalue weighted by atomic mass is 10.2. The van der Waals surface area contributed by atoms with E-state index in [0.717, 1.165) is 4.88 Å². The van der Waals surface area contributed by atoms with Crippen LogP contribution in [0.2, 0.25) is 5.04 Å². The summed E-state index contributed by atoms with van der Waals surface area (Å²) in [6.07, 6.45) is 1.68. The topological polar surface area (TPSA) is 51.1 Å². The van der Waals surface area contributed by atoms with Gasteiger partial charge in [0.25, 0.3) is 8.32 Å². The van der Waals surface area contributed by atoms with E-state index in [1.165, 1.54) is 28.8 Å². The molecule has 0 radical (unpaired) electrons. The molecule has 0 aliphatic rings. The van der Waals surface area contributed by atoms with E-state index in [0.29, 0.717) is 17.2 Å². The van der Waals surface area contributed by atoms with Crippen LogP contribution in [0.15, 0.2) is 71.7 Å². The molecule has 7 heteroatoms. The van der Waals surface area contributed by atoms with Crippen molar-refractivity contribution < 1.29 is 14.0 Å². The highest BCUT2D eigenvalue weighted by Crippen LogP contribution is 2.38. The summed E-state index contributed by atoms with van der Waals surface area (Å²) in [6, 6.07) is 23.0. The quantitative estimate of drug-likeness (QED) is 0.201. The Labute approximate surface area is 201 Å². The van der Waals surface area contributed by atoms with Gasteiger partial charge in [0.1, 0.15) is 4.88 Å². The van der Waals surface area contributed by atoms with E-state index in [1.807, 2.05) is 37.2 Å². The maximum atomic E-state index is 12.4. The molecule has 0 unspecified atom stereocenters. The normalized spacial score (nSPS) is 12.2. The van der Waals surface area contributed by atoms with Gasteiger partial charge in [-0.05, 0) is 21.5 Å². The maximum absolute atomic E-state index is 12.4. The third-order valence-electron chi connectivity index (χ3n) is 5.41. The lowest BCUT2D eigenvalue weighted by Crippen LogP contribution is -2.66. The number of thiophene rings is 1. The van der Waals surface area contributed by atoms with Gasteiger partial charge in [-0.15, -0.1) is 11.3 Å². The van der Waals surface area contributed by atoms with Crippen LogP contribution in [0.25, 0.3) is 0 Å². The first kappa shape index (κ1) is 24.9. The molecule has 0 bridgehead atoms. The fraction of sp³-hybridized carbons (Fsp3) is 0.308. The molecule has 3 aromatic rings. The fourth-order valence-corrected chi connectivity index (χ4v) is 9.52. The molecule has 1 heterocycles. The standard InChI is InChI=1S/C26H32N2O3SSi/c1-26(2,3)33(21-13-9-7-10-14-21,22-15-11-8-12-16-22)31-18-20-17-23(27-19-28(4)5)24(32-20)25(29)30-6/h7-17,19H,18H2,1-6H3. The minimum Gasteiger partial charge on any atom is -0.465 e. The molecular weight excluding hydrogens is 448 g/mol. The number of nitrogens with zero attached hydrogens (tertiary/aromatic N) is 2. The molecule has 0 aliphatic heterocycles. The van der Waals surface area contributed by atoms with Crippen molar-refractivity contribution in [1.82, 2.24) is 4.90 Å². The molecule has 1 aromatic heterocycles. The van der Waals surface area contributed by atoms with Gasteiger partial charge in [-0.2, -0.15) is 0 Å². The summed E-state index contributed by atoms with van der Waals surface area (Å²) < 4.78 is 12.0. The van der Waals surface area contributed by atoms with Crippen molar-refractivity contribution in [3.8, 4) is 0 Å². The molecular formula is C26H32N2O3SSi. The second-order valence-electron chi connectivity index (χ2n) is 9.08. The van der Waals surface area contributed by atoms with Crippen molar-refractivity contribution >= 4 is 48.0 Å². The number of benzene rings is 2. The molecule has 0 N–H and O–H groups in total. The van der Waals surface area contributed by atoms with Crippen LogP contribution in [0, 0.1) is 0 Å². The third kappa shape index (κ3) is 5.43. The summed E-state index contributed by atoms with van der Waals surface area (Å²) in [4.78, 5) is 20.1. The summed E-state index contributed by atoms with van der Waals surface area (Å²) in [5.41, 5.74) is 0.599. The Bertz CT molecular complexity index is 1050. The monoisotopic (exact) mass is 480 g/mol. The number of hydrogen-bond donors (Lipinski definition) is 0. The van der Waals surface area contributed by atoms with Crippen molar-refractivity contribution in [3.05, 3.63) is 76.5 Å². The van der Waals surface area contributed by atoms with Crippen molar-refractivity contribution in [3.63, 3.8) is 0 Å². The first-order valence-electron chi connectivity index (χ1n) is 10.9. The van der Waals surface area contributed by atoms with Gasteiger partial charge >= 0.3 is 5.97 Å². The molecule has 5 nitrogen and oxygen atoms in total. The number of carbonyl (C=O) groups is 1. The molecule has 33 heavy (non-hydrogen) atoms. The van der Waals surface area contributed by atoms with E-state index in [1.54, 1.807) is 6.34 Å². The number of carbonyl (C=O) groups excluding carboxylic acids is 1. The van der Waals surface area contributed by atoms with Crippen LogP contribution in [-0.2, 0) is 15.8 Å². The molecule has 0 atom stereocenters. The third-order valence-corrected chi connectivity index (χ3v) is 11.5. The summed E-state index contributed by atoms with van der Waals surface area (Å²) in [5.74, 6) is -0.386. The zero-order valence-corrected chi connectivity index (χ0v) is 22.0. The van der Waals surface area contributed by atoms with Crippen LogP contribution in [0.4, 0.5) is 5.69 Å². The number of rotatable bonds is 8. The lowest BCUT2D eigenvalue weighted by molar-refractivity contribution is 0.0607. The van der Waals surface area contributed by atoms with Gasteiger partial charge in [0.2, 0.25) is 0 Å². The Morgan fingerprint density at radius 2 is 1.58 bits per heavy atom. The van der Waals surface area contributed by atoms with Crippen LogP contribution >= 0.6 is 11.3 Å². The van der Waals surface area contributed by atoms with Gasteiger partial charge in [-0.25, -0.2) is 9.79 Å². The lowest BCUT2D eigenvalue weighted by Gasteiger charge is -2.43. The van der Waals surface area contributed by atoms with E-state index in [-0.39, 0.29) is 11.0 Å². The predicted molar refractivity (Wildman–Crippen MR) is 140 cm³/mol. The van der Waals surface area contributed by atoms with Crippen LogP contribution < -0.4 is 10.4 Å². The van der Waals surface area contributed by atoms with Crippen LogP contribution in [-0.4, -0.2) is 46.7 Å². The van der Waals surface area contributed by atoms with Crippen LogP contribution in [0.5, 0.6) is 0 Å². The van der Waals surface area contributed by atoms with Crippen molar-refractivity contribution in [2.45, 2.75) is 32.4 Å². The summed E-state index contributed by atoms with van der Waals surface area (Å²) >= 11 is 1.38. The predicted octanol–water partition coefficient (Wildman–Crippen LogP) is 4.83. The van der Waals surface area contributed by atoms with E-state index in [4.69, 9.17) is 9.16 Å². The Hall–Kier alpha value is -2.74. The molecule has 0 fully saturated rings. The molecule has 0 saturated heterocycles. The molecule has 3 rings (SSSR count). The average Bonchev–Trinajstić information content (AvgIpc) is 3.21. The number of methoxy groups -OCH3 is 1. The van der Waals surface area contributed by atoms with Crippen LogP contribution in [0.1, 0.15) is 35.3 Å². The van der Waals surface area contributed by atoms with Crippen molar-refractivity contribution in [2.75, 3.05) is 21.2 Å². The van der Waals surface area contributed by atoms with Crippen LogP contribution in [0.3, 0.4) is 0 Å². The largest absolute Gasteiger partial charge is 0.465 e. The second kappa shape index (κ2) is 10.5. The van der Waals surface area contributed by atoms with E-state index < -0.39 is 8.32 Å². The zero-order chi connectivity index (χ0) is 24.1. The Balaban J connectivity index is 2.06. The second-order valence-corrected chi connectivity index (χ2v) is 14.5. The Kier molecular flexibility index (Phi) is 7.89. The zero-order valence-electron chi connectivity index (χ0n) is 20.2. The van der Waals surface area contributed by atoms with E-state index in [9.17, 15) is 4.79 Å². The number of esters is 1. The SMILES string of the molecule is COC(=O)c1sc(CO[Si](c2ccccc2)(c2ccccc2)C(C)(C)C)cc1N=CN(C)C. The Morgan fingerprint density at radius 1 is 1.03 bits per heavy atom. The van der Waals surface area contributed by atoms with Gasteiger partial charge in [-0.3, -0.25) is 0 Å². The van der Waals surface area contributed by atoms with Gasteiger partial charge in [0.15, 0.2) is 0 Å². The highest BCUT2D eigenvalue weighted by Gasteiger charge is 2.50. The minimum absolute atomic E-state index is 0.121.